The second kappa shape index (κ2) is 6.02. The number of nitrogens with zero attached hydrogens (tertiary/aromatic N) is 3. The predicted octanol–water partition coefficient (Wildman–Crippen LogP) is 2.66. The van der Waals surface area contributed by atoms with Gasteiger partial charge < -0.3 is 4.84 Å². The summed E-state index contributed by atoms with van der Waals surface area (Å²) in [6.45, 7) is 4.69. The van der Waals surface area contributed by atoms with Crippen molar-refractivity contribution in [3.8, 4) is 0 Å². The van der Waals surface area contributed by atoms with Crippen LogP contribution in [0.5, 0.6) is 0 Å². The highest BCUT2D eigenvalue weighted by molar-refractivity contribution is 6.31. The van der Waals surface area contributed by atoms with Crippen molar-refractivity contribution in [3.05, 3.63) is 40.2 Å². The third-order valence-electron chi connectivity index (χ3n) is 2.74. The molecule has 0 radical (unpaired) electrons. The number of halogens is 1. The zero-order chi connectivity index (χ0) is 15.6. The van der Waals surface area contributed by atoms with Gasteiger partial charge in [0.15, 0.2) is 5.70 Å². The highest BCUT2D eigenvalue weighted by Crippen LogP contribution is 2.28. The first kappa shape index (κ1) is 15.1. The Bertz CT molecular complexity index is 669. The number of nitrogens with one attached hydrogen (secondary N) is 1. The third-order valence-corrected chi connectivity index (χ3v) is 3.15. The minimum atomic E-state index is -0.619. The van der Waals surface area contributed by atoms with Gasteiger partial charge >= 0.3 is 5.97 Å². The van der Waals surface area contributed by atoms with Gasteiger partial charge in [-0.25, -0.2) is 9.80 Å². The lowest BCUT2D eigenvalue weighted by Crippen LogP contribution is -2.29. The van der Waals surface area contributed by atoms with Gasteiger partial charge in [-0.05, 0) is 31.5 Å². The van der Waals surface area contributed by atoms with E-state index in [2.05, 4.69) is 15.8 Å². The van der Waals surface area contributed by atoms with Gasteiger partial charge in [-0.1, -0.05) is 23.3 Å². The fraction of sp³-hybridized carbons (Fsp3) is 0.231. The number of azo groups is 1. The third kappa shape index (κ3) is 3.26. The van der Waals surface area contributed by atoms with Crippen LogP contribution < -0.4 is 10.6 Å². The standard InChI is InChI=1S/C13H13ClN4O3/c1-7-4-5-10(6-11(7)14)18-12(13(20)21-17-18)8(2)15-16-9(3)19/h4-6,17H,1-3H3/b12-8+,16-15?. The van der Waals surface area contributed by atoms with Crippen molar-refractivity contribution in [2.24, 2.45) is 10.2 Å². The van der Waals surface area contributed by atoms with Gasteiger partial charge in [0.2, 0.25) is 0 Å². The highest BCUT2D eigenvalue weighted by Gasteiger charge is 2.31. The van der Waals surface area contributed by atoms with E-state index in [4.69, 9.17) is 16.4 Å². The van der Waals surface area contributed by atoms with Crippen molar-refractivity contribution >= 4 is 29.2 Å². The van der Waals surface area contributed by atoms with Gasteiger partial charge in [-0.15, -0.1) is 10.2 Å². The molecule has 0 saturated carbocycles. The first-order valence-electron chi connectivity index (χ1n) is 6.06. The summed E-state index contributed by atoms with van der Waals surface area (Å²) in [5.41, 5.74) is 4.36. The summed E-state index contributed by atoms with van der Waals surface area (Å²) < 4.78 is 0. The number of aryl methyl sites for hydroxylation is 1. The molecule has 1 aliphatic rings. The Kier molecular flexibility index (Phi) is 4.35. The molecule has 1 aromatic rings. The lowest BCUT2D eigenvalue weighted by atomic mass is 10.2. The maximum absolute atomic E-state index is 11.8. The Morgan fingerprint density at radius 3 is 2.67 bits per heavy atom. The molecule has 8 heteroatoms. The number of amides is 1. The van der Waals surface area contributed by atoms with Crippen LogP contribution in [0.15, 0.2) is 39.8 Å². The summed E-state index contributed by atoms with van der Waals surface area (Å²) in [7, 11) is 0. The molecule has 0 atom stereocenters. The van der Waals surface area contributed by atoms with E-state index in [1.165, 1.54) is 11.9 Å². The first-order valence-corrected chi connectivity index (χ1v) is 6.44. The van der Waals surface area contributed by atoms with Crippen LogP contribution in [0.4, 0.5) is 5.69 Å². The minimum Gasteiger partial charge on any atom is -0.345 e. The van der Waals surface area contributed by atoms with Crippen LogP contribution in [0.3, 0.4) is 0 Å². The van der Waals surface area contributed by atoms with E-state index in [9.17, 15) is 9.59 Å². The topological polar surface area (TPSA) is 83.4 Å². The molecule has 1 heterocycles. The number of benzene rings is 1. The van der Waals surface area contributed by atoms with Crippen LogP contribution in [0.1, 0.15) is 19.4 Å². The molecule has 1 aromatic carbocycles. The Labute approximate surface area is 126 Å². The Morgan fingerprint density at radius 2 is 2.05 bits per heavy atom. The van der Waals surface area contributed by atoms with Crippen molar-refractivity contribution in [1.29, 1.82) is 0 Å². The minimum absolute atomic E-state index is 0.139. The molecule has 0 aliphatic carbocycles. The molecular weight excluding hydrogens is 296 g/mol. The summed E-state index contributed by atoms with van der Waals surface area (Å²) in [5.74, 6) is -1.08. The number of allylic oxidation sites excluding steroid dienone is 1. The number of hydrazine groups is 1. The van der Waals surface area contributed by atoms with E-state index in [1.54, 1.807) is 19.1 Å². The highest BCUT2D eigenvalue weighted by atomic mass is 35.5. The molecule has 1 amide bonds. The molecular formula is C13H13ClN4O3. The van der Waals surface area contributed by atoms with Gasteiger partial charge in [0, 0.05) is 11.9 Å². The number of rotatable bonds is 2. The molecule has 7 nitrogen and oxygen atoms in total. The molecule has 0 spiro atoms. The molecule has 1 saturated heterocycles. The Balaban J connectivity index is 2.42. The summed E-state index contributed by atoms with van der Waals surface area (Å²) in [6.07, 6.45) is 0. The quantitative estimate of drug-likeness (QED) is 0.671. The Hall–Kier alpha value is -2.25. The number of carbonyl (C=O) groups excluding carboxylic acids is 2. The summed E-state index contributed by atoms with van der Waals surface area (Å²) in [4.78, 5) is 27.4. The molecule has 21 heavy (non-hydrogen) atoms. The lowest BCUT2D eigenvalue weighted by Gasteiger charge is -2.16. The average Bonchev–Trinajstić information content (AvgIpc) is 2.81. The van der Waals surface area contributed by atoms with E-state index >= 15 is 0 Å². The summed E-state index contributed by atoms with van der Waals surface area (Å²) in [6, 6.07) is 5.26. The van der Waals surface area contributed by atoms with E-state index in [0.717, 1.165) is 5.56 Å². The summed E-state index contributed by atoms with van der Waals surface area (Å²) in [5, 5.41) is 9.06. The van der Waals surface area contributed by atoms with Gasteiger partial charge in [-0.2, -0.15) is 0 Å². The Morgan fingerprint density at radius 1 is 1.33 bits per heavy atom. The van der Waals surface area contributed by atoms with Gasteiger partial charge in [-0.3, -0.25) is 4.79 Å². The number of hydrogen-bond donors (Lipinski definition) is 1. The SMILES string of the molecule is CC(=O)N=N/C(C)=C1\C(=O)ONN1c1ccc(C)c(Cl)c1. The molecule has 1 N–H and O–H groups in total. The second-order valence-corrected chi connectivity index (χ2v) is 4.81. The second-order valence-electron chi connectivity index (χ2n) is 4.40. The molecule has 0 bridgehead atoms. The zero-order valence-electron chi connectivity index (χ0n) is 11.7. The zero-order valence-corrected chi connectivity index (χ0v) is 12.4. The number of hydrogen-bond acceptors (Lipinski definition) is 6. The maximum Gasteiger partial charge on any atom is 0.378 e. The van der Waals surface area contributed by atoms with E-state index < -0.39 is 11.9 Å². The molecule has 1 aliphatic heterocycles. The molecule has 110 valence electrons. The van der Waals surface area contributed by atoms with Gasteiger partial charge in [0.1, 0.15) is 0 Å². The number of carbonyl (C=O) groups is 2. The van der Waals surface area contributed by atoms with Crippen LogP contribution in [0.2, 0.25) is 5.02 Å². The van der Waals surface area contributed by atoms with Crippen molar-refractivity contribution < 1.29 is 14.4 Å². The normalized spacial score (nSPS) is 17.3. The van der Waals surface area contributed by atoms with Crippen LogP contribution in [0.25, 0.3) is 0 Å². The first-order chi connectivity index (χ1) is 9.90. The van der Waals surface area contributed by atoms with E-state index in [-0.39, 0.29) is 11.4 Å². The van der Waals surface area contributed by atoms with Crippen LogP contribution >= 0.6 is 11.6 Å². The van der Waals surface area contributed by atoms with Crippen LogP contribution in [-0.2, 0) is 14.4 Å². The molecule has 2 rings (SSSR count). The monoisotopic (exact) mass is 308 g/mol. The van der Waals surface area contributed by atoms with Crippen LogP contribution in [-0.4, -0.2) is 11.9 Å². The van der Waals surface area contributed by atoms with Crippen molar-refractivity contribution in [2.45, 2.75) is 20.8 Å². The largest absolute Gasteiger partial charge is 0.378 e. The molecule has 1 fully saturated rings. The number of anilines is 1. The lowest BCUT2D eigenvalue weighted by molar-refractivity contribution is -0.140. The van der Waals surface area contributed by atoms with E-state index in [0.29, 0.717) is 10.7 Å². The van der Waals surface area contributed by atoms with Gasteiger partial charge in [0.25, 0.3) is 5.91 Å². The van der Waals surface area contributed by atoms with Crippen molar-refractivity contribution in [1.82, 2.24) is 5.59 Å². The maximum atomic E-state index is 11.8. The fourth-order valence-corrected chi connectivity index (χ4v) is 1.85. The van der Waals surface area contributed by atoms with Crippen molar-refractivity contribution in [3.63, 3.8) is 0 Å². The smallest absolute Gasteiger partial charge is 0.345 e. The predicted molar refractivity (Wildman–Crippen MR) is 76.1 cm³/mol. The average molecular weight is 309 g/mol. The van der Waals surface area contributed by atoms with Crippen LogP contribution in [0, 0.1) is 6.92 Å². The molecule has 0 aromatic heterocycles. The molecule has 0 unspecified atom stereocenters. The van der Waals surface area contributed by atoms with Crippen molar-refractivity contribution in [2.75, 3.05) is 5.01 Å². The van der Waals surface area contributed by atoms with E-state index in [1.807, 2.05) is 13.0 Å². The van der Waals surface area contributed by atoms with Gasteiger partial charge in [0.05, 0.1) is 11.4 Å². The fourth-order valence-electron chi connectivity index (χ4n) is 1.68. The summed E-state index contributed by atoms with van der Waals surface area (Å²) >= 11 is 6.08.